The van der Waals surface area contributed by atoms with Crippen molar-refractivity contribution < 1.29 is 0 Å². The van der Waals surface area contributed by atoms with E-state index in [4.69, 9.17) is 0 Å². The molecule has 0 unspecified atom stereocenters. The van der Waals surface area contributed by atoms with Crippen molar-refractivity contribution in [2.75, 3.05) is 0 Å². The minimum Gasteiger partial charge on any atom is -0.255 e. The zero-order chi connectivity index (χ0) is 10.1. The second-order valence-corrected chi connectivity index (χ2v) is 3.32. The summed E-state index contributed by atoms with van der Waals surface area (Å²) in [5, 5.41) is 4.40. The quantitative estimate of drug-likeness (QED) is 0.721. The van der Waals surface area contributed by atoms with Crippen molar-refractivity contribution in [2.24, 2.45) is 0 Å². The lowest BCUT2D eigenvalue weighted by Gasteiger charge is -2.00. The molecule has 74 valence electrons. The monoisotopic (exact) mass is 190 g/mol. The average Bonchev–Trinajstić information content (AvgIpc) is 2.63. The van der Waals surface area contributed by atoms with Crippen LogP contribution in [0.3, 0.4) is 0 Å². The van der Waals surface area contributed by atoms with Crippen molar-refractivity contribution in [3.8, 4) is 0 Å². The second-order valence-electron chi connectivity index (χ2n) is 3.32. The van der Waals surface area contributed by atoms with Crippen LogP contribution < -0.4 is 0 Å². The normalized spacial score (nSPS) is 11.1. The molecule has 2 heterocycles. The standard InChI is InChI=1S/C10H14N4/c1-4-8-10-12-9(5-2)13-14(10)7(3)6-11-8/h6H,4-5H2,1-3H3. The minimum atomic E-state index is 0.865. The van der Waals surface area contributed by atoms with Crippen molar-refractivity contribution in [1.29, 1.82) is 0 Å². The van der Waals surface area contributed by atoms with Crippen LogP contribution in [-0.4, -0.2) is 19.6 Å². The fraction of sp³-hybridized carbons (Fsp3) is 0.500. The highest BCUT2D eigenvalue weighted by Crippen LogP contribution is 2.09. The van der Waals surface area contributed by atoms with E-state index in [0.717, 1.165) is 35.7 Å². The van der Waals surface area contributed by atoms with Gasteiger partial charge in [0, 0.05) is 12.6 Å². The van der Waals surface area contributed by atoms with E-state index in [1.165, 1.54) is 0 Å². The van der Waals surface area contributed by atoms with E-state index in [2.05, 4.69) is 28.9 Å². The highest BCUT2D eigenvalue weighted by atomic mass is 15.3. The molecule has 0 aliphatic heterocycles. The van der Waals surface area contributed by atoms with Crippen LogP contribution in [0.1, 0.15) is 31.1 Å². The summed E-state index contributed by atoms with van der Waals surface area (Å²) in [6.07, 6.45) is 3.61. The first kappa shape index (κ1) is 9.12. The predicted molar refractivity (Wildman–Crippen MR) is 54.3 cm³/mol. The Morgan fingerprint density at radius 3 is 2.71 bits per heavy atom. The summed E-state index contributed by atoms with van der Waals surface area (Å²) in [4.78, 5) is 8.80. The van der Waals surface area contributed by atoms with Crippen molar-refractivity contribution in [3.05, 3.63) is 23.4 Å². The molecule has 0 aliphatic carbocycles. The summed E-state index contributed by atoms with van der Waals surface area (Å²) in [5.74, 6) is 0.885. The fourth-order valence-corrected chi connectivity index (χ4v) is 1.47. The number of hydrogen-bond donors (Lipinski definition) is 0. The first-order valence-electron chi connectivity index (χ1n) is 4.96. The number of aromatic nitrogens is 4. The largest absolute Gasteiger partial charge is 0.255 e. The molecule has 0 atom stereocenters. The third-order valence-electron chi connectivity index (χ3n) is 2.30. The van der Waals surface area contributed by atoms with Gasteiger partial charge in [-0.05, 0) is 13.3 Å². The molecule has 14 heavy (non-hydrogen) atoms. The smallest absolute Gasteiger partial charge is 0.177 e. The fourth-order valence-electron chi connectivity index (χ4n) is 1.47. The Labute approximate surface area is 83.0 Å². The van der Waals surface area contributed by atoms with Crippen molar-refractivity contribution >= 4 is 5.65 Å². The van der Waals surface area contributed by atoms with Gasteiger partial charge in [-0.25, -0.2) is 9.50 Å². The van der Waals surface area contributed by atoms with E-state index >= 15 is 0 Å². The van der Waals surface area contributed by atoms with E-state index < -0.39 is 0 Å². The van der Waals surface area contributed by atoms with Gasteiger partial charge in [0.15, 0.2) is 11.5 Å². The Bertz CT molecular complexity index is 458. The maximum atomic E-state index is 4.45. The lowest BCUT2D eigenvalue weighted by atomic mass is 10.3. The summed E-state index contributed by atoms with van der Waals surface area (Å²) >= 11 is 0. The Morgan fingerprint density at radius 2 is 2.07 bits per heavy atom. The molecule has 4 heteroatoms. The number of aryl methyl sites for hydroxylation is 3. The van der Waals surface area contributed by atoms with Gasteiger partial charge in [0.1, 0.15) is 0 Å². The number of rotatable bonds is 2. The van der Waals surface area contributed by atoms with Gasteiger partial charge in [-0.2, -0.15) is 5.10 Å². The molecule has 0 fully saturated rings. The molecular weight excluding hydrogens is 176 g/mol. The Morgan fingerprint density at radius 1 is 1.29 bits per heavy atom. The molecule has 0 N–H and O–H groups in total. The molecule has 2 aromatic rings. The van der Waals surface area contributed by atoms with Crippen LogP contribution in [0.25, 0.3) is 5.65 Å². The zero-order valence-electron chi connectivity index (χ0n) is 8.78. The zero-order valence-corrected chi connectivity index (χ0v) is 8.78. The van der Waals surface area contributed by atoms with Gasteiger partial charge >= 0.3 is 0 Å². The Kier molecular flexibility index (Phi) is 2.19. The van der Waals surface area contributed by atoms with Crippen molar-refractivity contribution in [3.63, 3.8) is 0 Å². The van der Waals surface area contributed by atoms with Crippen LogP contribution in [0.15, 0.2) is 6.20 Å². The number of fused-ring (bicyclic) bond motifs is 1. The van der Waals surface area contributed by atoms with Gasteiger partial charge in [-0.1, -0.05) is 13.8 Å². The maximum Gasteiger partial charge on any atom is 0.177 e. The predicted octanol–water partition coefficient (Wildman–Crippen LogP) is 1.56. The van der Waals surface area contributed by atoms with E-state index in [9.17, 15) is 0 Å². The Hall–Kier alpha value is -1.45. The third-order valence-corrected chi connectivity index (χ3v) is 2.30. The van der Waals surface area contributed by atoms with Gasteiger partial charge in [-0.15, -0.1) is 0 Å². The molecule has 0 spiro atoms. The molecule has 2 aromatic heterocycles. The van der Waals surface area contributed by atoms with Gasteiger partial charge < -0.3 is 0 Å². The molecule has 0 aliphatic rings. The molecule has 0 bridgehead atoms. The number of hydrogen-bond acceptors (Lipinski definition) is 3. The first-order chi connectivity index (χ1) is 6.76. The average molecular weight is 190 g/mol. The molecule has 0 saturated heterocycles. The van der Waals surface area contributed by atoms with Crippen molar-refractivity contribution in [2.45, 2.75) is 33.6 Å². The number of nitrogens with zero attached hydrogens (tertiary/aromatic N) is 4. The Balaban J connectivity index is 2.74. The van der Waals surface area contributed by atoms with Crippen LogP contribution in [0, 0.1) is 6.92 Å². The lowest BCUT2D eigenvalue weighted by Crippen LogP contribution is -1.99. The summed E-state index contributed by atoms with van der Waals surface area (Å²) in [6.45, 7) is 6.13. The molecule has 0 radical (unpaired) electrons. The molecular formula is C10H14N4. The van der Waals surface area contributed by atoms with E-state index in [1.54, 1.807) is 0 Å². The van der Waals surface area contributed by atoms with Crippen LogP contribution in [-0.2, 0) is 12.8 Å². The van der Waals surface area contributed by atoms with Crippen LogP contribution in [0.2, 0.25) is 0 Å². The van der Waals surface area contributed by atoms with Gasteiger partial charge in [0.2, 0.25) is 0 Å². The molecule has 4 nitrogen and oxygen atoms in total. The minimum absolute atomic E-state index is 0.865. The van der Waals surface area contributed by atoms with E-state index in [0.29, 0.717) is 0 Å². The third kappa shape index (κ3) is 1.27. The highest BCUT2D eigenvalue weighted by Gasteiger charge is 2.08. The highest BCUT2D eigenvalue weighted by molar-refractivity contribution is 5.43. The van der Waals surface area contributed by atoms with E-state index in [-0.39, 0.29) is 0 Å². The van der Waals surface area contributed by atoms with Crippen molar-refractivity contribution in [1.82, 2.24) is 19.6 Å². The molecule has 2 rings (SSSR count). The first-order valence-corrected chi connectivity index (χ1v) is 4.96. The molecule has 0 saturated carbocycles. The van der Waals surface area contributed by atoms with Crippen LogP contribution in [0.4, 0.5) is 0 Å². The summed E-state index contributed by atoms with van der Waals surface area (Å²) < 4.78 is 1.88. The summed E-state index contributed by atoms with van der Waals surface area (Å²) in [6, 6.07) is 0. The van der Waals surface area contributed by atoms with Crippen LogP contribution in [0.5, 0.6) is 0 Å². The van der Waals surface area contributed by atoms with Gasteiger partial charge in [0.05, 0.1) is 11.4 Å². The van der Waals surface area contributed by atoms with E-state index in [1.807, 2.05) is 17.6 Å². The molecule has 0 amide bonds. The maximum absolute atomic E-state index is 4.45. The topological polar surface area (TPSA) is 43.1 Å². The molecule has 0 aromatic carbocycles. The summed E-state index contributed by atoms with van der Waals surface area (Å²) in [5.41, 5.74) is 2.96. The second kappa shape index (κ2) is 3.36. The summed E-state index contributed by atoms with van der Waals surface area (Å²) in [7, 11) is 0. The van der Waals surface area contributed by atoms with Crippen LogP contribution >= 0.6 is 0 Å². The lowest BCUT2D eigenvalue weighted by molar-refractivity contribution is 0.841. The SMILES string of the molecule is CCc1nc2c(CC)ncc(C)n2n1. The van der Waals surface area contributed by atoms with Gasteiger partial charge in [-0.3, -0.25) is 4.98 Å². The van der Waals surface area contributed by atoms with Gasteiger partial charge in [0.25, 0.3) is 0 Å².